The molecule has 0 saturated heterocycles. The lowest BCUT2D eigenvalue weighted by Gasteiger charge is -2.09. The molecule has 0 bridgehead atoms. The fourth-order valence-electron chi connectivity index (χ4n) is 4.02. The highest BCUT2D eigenvalue weighted by molar-refractivity contribution is 9.10. The van der Waals surface area contributed by atoms with Crippen molar-refractivity contribution in [1.82, 2.24) is 4.98 Å². The van der Waals surface area contributed by atoms with E-state index in [0.29, 0.717) is 5.56 Å². The van der Waals surface area contributed by atoms with Crippen molar-refractivity contribution in [2.24, 2.45) is 0 Å². The number of aromatic nitrogens is 1. The summed E-state index contributed by atoms with van der Waals surface area (Å²) >= 11 is 13.2. The van der Waals surface area contributed by atoms with Crippen molar-refractivity contribution in [3.63, 3.8) is 0 Å². The largest absolute Gasteiger partial charge is 0.256 e. The van der Waals surface area contributed by atoms with Gasteiger partial charge in [-0.25, -0.2) is 0 Å². The molecule has 4 rings (SSSR count). The fourth-order valence-corrected chi connectivity index (χ4v) is 282. The van der Waals surface area contributed by atoms with Crippen molar-refractivity contribution >= 4 is 953 Å². The van der Waals surface area contributed by atoms with Crippen LogP contribution >= 0.6 is 15.9 Å². The number of benzene rings is 3. The molecule has 0 N–H and O–H groups in total. The van der Waals surface area contributed by atoms with Crippen molar-refractivity contribution in [1.29, 1.82) is 0 Å². The van der Waals surface area contributed by atoms with Gasteiger partial charge in [0.2, 0.25) is 0 Å². The Morgan fingerprint density at radius 3 is 0.519 bits per heavy atom. The summed E-state index contributed by atoms with van der Waals surface area (Å²) in [6.45, 7) is 1.86. The van der Waals surface area contributed by atoms with E-state index >= 15 is 0 Å². The van der Waals surface area contributed by atoms with E-state index in [9.17, 15) is 0 Å². The van der Waals surface area contributed by atoms with Gasteiger partial charge in [0.1, 0.15) is 0 Å². The van der Waals surface area contributed by atoms with Gasteiger partial charge in [-0.05, 0) is 41.3 Å². The van der Waals surface area contributed by atoms with E-state index in [-0.39, 0.29) is 29.7 Å². The molecule has 1 nitrogen and oxygen atoms in total. The zero-order chi connectivity index (χ0) is 97.1. The van der Waals surface area contributed by atoms with Gasteiger partial charge < -0.3 is 0 Å². The maximum Gasteiger partial charge on any atom is 0.0705 e. The smallest absolute Gasteiger partial charge is 0.0705 e. The summed E-state index contributed by atoms with van der Waals surface area (Å²) < 4.78 is 41.0. The van der Waals surface area contributed by atoms with Gasteiger partial charge in [-0.1, -0.05) is 88.6 Å². The van der Waals surface area contributed by atoms with E-state index in [4.69, 9.17) is 29.2 Å². The zero-order valence-corrected chi connectivity index (χ0v) is 144. The van der Waals surface area contributed by atoms with E-state index in [2.05, 4.69) is 27.0 Å². The van der Waals surface area contributed by atoms with E-state index in [0.717, 1.165) is 32.4 Å². The zero-order valence-electron chi connectivity index (χ0n) is 62.0. The fraction of sp³-hybridized carbons (Fsp3) is 0.0417. The maximum absolute atomic E-state index is 8.21. The first-order valence-electron chi connectivity index (χ1n) is 28.0. The van der Waals surface area contributed by atoms with Crippen LogP contribution in [-0.4, -0.2) is 4.98 Å². The molecule has 0 atom stereocenters. The van der Waals surface area contributed by atoms with Crippen LogP contribution in [0.3, 0.4) is 0 Å². The predicted molar refractivity (Wildman–Crippen MR) is 886 cm³/mol. The highest BCUT2D eigenvalue weighted by atomic mass is 79.9. The minimum atomic E-state index is -0.397. The topological polar surface area (TPSA) is 12.9 Å². The molecule has 0 aliphatic heterocycles. The lowest BCUT2D eigenvalue weighted by Crippen LogP contribution is -1.90. The van der Waals surface area contributed by atoms with Crippen molar-refractivity contribution < 1.29 is 6.85 Å². The molecule has 1 aromatic heterocycles. The number of nitrogens with zero attached hydrogens (tertiary/aromatic N) is 1. The molecule has 756 valence electrons. The average molecular weight is 3770 g/mol. The minimum Gasteiger partial charge on any atom is -0.256 e. The number of aryl methyl sites for hydroxylation is 1. The van der Waals surface area contributed by atoms with E-state index in [1.807, 2.05) is 846 Å². The molecule has 107 heteroatoms. The van der Waals surface area contributed by atoms with Gasteiger partial charge >= 0.3 is 0 Å². The van der Waals surface area contributed by atoms with Gasteiger partial charge in [-0.3, -0.25) is 4.98 Å². The molecule has 1 heterocycles. The van der Waals surface area contributed by atoms with Crippen LogP contribution < -0.4 is 0 Å². The number of rotatable bonds is 3. The Balaban J connectivity index is 0.00000127. The first-order chi connectivity index (χ1) is 67.2. The second-order valence-electron chi connectivity index (χ2n) is 12.9. The summed E-state index contributed by atoms with van der Waals surface area (Å²) in [7, 11) is 187. The molecule has 131 heavy (non-hydrogen) atoms. The molecule has 0 fully saturated rings. The molecule has 0 radical (unpaired) electrons. The van der Waals surface area contributed by atoms with Crippen molar-refractivity contribution in [3.8, 4) is 33.5 Å². The van der Waals surface area contributed by atoms with Crippen molar-refractivity contribution in [2.45, 2.75) is 6.92 Å². The molecule has 0 saturated carbocycles. The lowest BCUT2D eigenvalue weighted by molar-refractivity contribution is 1.29. The summed E-state index contributed by atoms with van der Waals surface area (Å²) in [5.41, 5.74) is 5.38. The third kappa shape index (κ3) is 106. The normalized spacial score (nSPS) is 8.98. The monoisotopic (exact) mass is 3760 g/mol. The quantitative estimate of drug-likeness (QED) is 0.222. The third-order valence-electron chi connectivity index (χ3n) is 7.08. The summed E-state index contributed by atoms with van der Waals surface area (Å²) in [5.74, 6) is 0. The van der Waals surface area contributed by atoms with Crippen LogP contribution in [0.1, 0.15) is 12.4 Å². The highest BCUT2D eigenvalue weighted by Gasteiger charge is 2.07. The van der Waals surface area contributed by atoms with Gasteiger partial charge in [0.25, 0.3) is 0 Å². The highest BCUT2D eigenvalue weighted by Crippen LogP contribution is 2.31. The molecule has 0 aliphatic carbocycles. The first kappa shape index (κ1) is 136. The van der Waals surface area contributed by atoms with Gasteiger partial charge in [-0.15, -0.1) is 0 Å². The molecular weight excluding hydrogens is 3750 g/mol. The first-order valence-corrected chi connectivity index (χ1v) is 165. The second-order valence-corrected chi connectivity index (χ2v) is 196. The summed E-state index contributed by atoms with van der Waals surface area (Å²) in [6, 6.07) is 16.5. The van der Waals surface area contributed by atoms with Crippen LogP contribution in [0.5, 0.6) is 0 Å². The maximum atomic E-state index is 8.21. The number of hydrogen-bond donors (Lipinski definition) is 0. The molecular formula is C24H18BrNS105. The average Bonchev–Trinajstić information content (AvgIpc) is 0.768. The van der Waals surface area contributed by atoms with Crippen LogP contribution in [0.4, 0.5) is 0 Å². The second kappa shape index (κ2) is 126. The Hall–Kier alpha value is 20.4. The minimum absolute atomic E-state index is 0.173. The molecule has 3 aromatic carbocycles. The van der Waals surface area contributed by atoms with E-state index in [1.54, 1.807) is 113 Å². The van der Waals surface area contributed by atoms with Crippen LogP contribution in [-0.2, 0) is 937 Å². The molecule has 0 spiro atoms. The summed E-state index contributed by atoms with van der Waals surface area (Å²) in [4.78, 5) is 4.52. The van der Waals surface area contributed by atoms with Crippen molar-refractivity contribution in [2.75, 3.05) is 0 Å². The number of halogens is 1. The van der Waals surface area contributed by atoms with Crippen LogP contribution in [0, 0.1) is 6.92 Å². The lowest BCUT2D eigenvalue weighted by atomic mass is 9.99. The number of hydrogen-bond acceptors (Lipinski definition) is 3. The van der Waals surface area contributed by atoms with E-state index < -0.39 is 6.04 Å². The molecule has 0 amide bonds. The summed E-state index contributed by atoms with van der Waals surface area (Å²) in [5, 5.41) is 0. The molecule has 0 unspecified atom stereocenters. The standard InChI is InChI=1S/C24H18BrN.S105/c1-17-15-24(26-16-22(17)18-7-3-2-4-8-18)20-13-11-19(12-14-20)21-9-5-6-10-23(21)25;1-3-5-7-9-11-13-15-17-19-21-23-25-27-29-31-33-35-37-39-41-43-45-47-49-51-53-55-57-59-61-63-65-67-69-71-73-75-77-79-81-83-85-87-89-91-93-95-97-99-101-103-105-104-102-100-98-96-94-92-90-88-86-84-82-80-78-76-74-72-70-68-66-64-62-60-58-56-54-52-50-48-46-44-42-40-38-36-34-32-30-28-26-24-22-20-18-16-14-12-10-8-6-4-2/h2-16H,1H3;/i2D,3D,4D,7D,8D;. The Morgan fingerprint density at radius 2 is 0.359 bits per heavy atom. The SMILES string of the molecule is S=S=S=S=S=S=S=S=S=S=S=S=S=S=S=S=S=S=S=S=S=S=S=S=S=S=S=S=S=S=S=S=S=S=S=S=S=S=S=S=S=S=S=S=S=S=S=S=S=S=S=S=S=S=S=S=S=S=S=S=S=S=S=S=S=S=S=S=S=S=S=S=S=S=S=S=S=S=S=S=S=S=S=S=S=S=S=S=S=S=S=S=S=S=S=S=S=S=S=S=S=S=S=S=S.[2H]c1c([2H])c([2H])c(-c2cnc(-c3ccc(-c4ccccc4Br)cc3)cc2C)c([2H])c1[2H]. The summed E-state index contributed by atoms with van der Waals surface area (Å²) in [6.07, 6.45) is 1.58. The Bertz CT molecular complexity index is 10100. The Labute approximate surface area is 1070 Å². The Kier molecular flexibility index (Phi) is 131. The van der Waals surface area contributed by atoms with E-state index in [1.165, 1.54) is 17.8 Å². The van der Waals surface area contributed by atoms with Gasteiger partial charge in [0.15, 0.2) is 0 Å². The molecule has 0 aliphatic rings. The van der Waals surface area contributed by atoms with Gasteiger partial charge in [0, 0.05) is 959 Å². The molecule has 4 aromatic rings. The third-order valence-corrected chi connectivity index (χ3v) is 234. The number of pyridine rings is 1. The van der Waals surface area contributed by atoms with Crippen LogP contribution in [0.25, 0.3) is 33.5 Å². The van der Waals surface area contributed by atoms with Gasteiger partial charge in [0.05, 0.1) is 12.5 Å². The van der Waals surface area contributed by atoms with Crippen molar-refractivity contribution in [3.05, 3.63) is 101 Å². The Morgan fingerprint density at radius 1 is 0.198 bits per heavy atom. The van der Waals surface area contributed by atoms with Crippen LogP contribution in [0.15, 0.2) is 95.5 Å². The van der Waals surface area contributed by atoms with Gasteiger partial charge in [-0.2, -0.15) is 0 Å². The van der Waals surface area contributed by atoms with Crippen LogP contribution in [0.2, 0.25) is 0 Å². The predicted octanol–water partition coefficient (Wildman–Crippen LogP) is 6.90.